The van der Waals surface area contributed by atoms with Crippen LogP contribution in [0, 0.1) is 0 Å². The van der Waals surface area contributed by atoms with E-state index in [1.807, 2.05) is 12.1 Å². The van der Waals surface area contributed by atoms with E-state index in [1.165, 1.54) is 5.56 Å². The molecular weight excluding hydrogens is 312 g/mol. The van der Waals surface area contributed by atoms with Crippen molar-refractivity contribution in [2.24, 2.45) is 0 Å². The zero-order chi connectivity index (χ0) is 16.2. The molecule has 1 aliphatic heterocycles. The molecule has 0 saturated heterocycles. The highest BCUT2D eigenvalue weighted by atomic mass is 35.5. The highest BCUT2D eigenvalue weighted by molar-refractivity contribution is 6.30. The largest absolute Gasteiger partial charge is 0.493 e. The number of rotatable bonds is 4. The van der Waals surface area contributed by atoms with Crippen molar-refractivity contribution in [2.45, 2.75) is 32.2 Å². The van der Waals surface area contributed by atoms with E-state index in [0.717, 1.165) is 24.2 Å². The highest BCUT2D eigenvalue weighted by Crippen LogP contribution is 2.35. The highest BCUT2D eigenvalue weighted by Gasteiger charge is 2.24. The average molecular weight is 331 g/mol. The summed E-state index contributed by atoms with van der Waals surface area (Å²) >= 11 is 5.81. The molecule has 1 amide bonds. The number of hydrogen-bond donors (Lipinski definition) is 1. The molecule has 0 radical (unpaired) electrons. The minimum absolute atomic E-state index is 0.00921. The number of fused-ring (bicyclic) bond motifs is 1. The Morgan fingerprint density at radius 3 is 3.00 bits per heavy atom. The summed E-state index contributed by atoms with van der Waals surface area (Å²) in [6.45, 7) is 2.72. The van der Waals surface area contributed by atoms with E-state index in [1.54, 1.807) is 18.3 Å². The molecule has 23 heavy (non-hydrogen) atoms. The van der Waals surface area contributed by atoms with Gasteiger partial charge in [-0.25, -0.2) is 0 Å². The SMILES string of the molecule is CCc1cccc2c1OCC[C@H]2NC(=O)Cc1ccc(Cl)cn1. The molecule has 1 N–H and O–H groups in total. The number of carbonyl (C=O) groups excluding carboxylic acids is 1. The number of halogens is 1. The zero-order valence-corrected chi connectivity index (χ0v) is 13.8. The number of hydrogen-bond acceptors (Lipinski definition) is 3. The van der Waals surface area contributed by atoms with E-state index in [2.05, 4.69) is 23.3 Å². The molecule has 5 heteroatoms. The summed E-state index contributed by atoms with van der Waals surface area (Å²) in [7, 11) is 0. The summed E-state index contributed by atoms with van der Waals surface area (Å²) in [6, 6.07) is 9.63. The van der Waals surface area contributed by atoms with Gasteiger partial charge >= 0.3 is 0 Å². The van der Waals surface area contributed by atoms with Crippen LogP contribution < -0.4 is 10.1 Å². The molecule has 120 valence electrons. The first-order valence-corrected chi connectivity index (χ1v) is 8.19. The van der Waals surface area contributed by atoms with Crippen molar-refractivity contribution < 1.29 is 9.53 Å². The van der Waals surface area contributed by atoms with Crippen LogP contribution in [0.25, 0.3) is 0 Å². The lowest BCUT2D eigenvalue weighted by atomic mass is 9.96. The van der Waals surface area contributed by atoms with E-state index in [0.29, 0.717) is 17.3 Å². The first-order valence-electron chi connectivity index (χ1n) is 7.81. The minimum atomic E-state index is -0.0421. The van der Waals surface area contributed by atoms with Crippen LogP contribution in [0.5, 0.6) is 5.75 Å². The van der Waals surface area contributed by atoms with Crippen LogP contribution in [0.1, 0.15) is 36.2 Å². The first-order chi connectivity index (χ1) is 11.2. The van der Waals surface area contributed by atoms with Crippen LogP contribution in [0.4, 0.5) is 0 Å². The van der Waals surface area contributed by atoms with Gasteiger partial charge in [0.15, 0.2) is 0 Å². The molecule has 1 aromatic heterocycles. The number of amides is 1. The smallest absolute Gasteiger partial charge is 0.226 e. The fraction of sp³-hybridized carbons (Fsp3) is 0.333. The van der Waals surface area contributed by atoms with E-state index >= 15 is 0 Å². The van der Waals surface area contributed by atoms with E-state index in [9.17, 15) is 4.79 Å². The standard InChI is InChI=1S/C18H19ClN2O2/c1-2-12-4-3-5-15-16(8-9-23-18(12)15)21-17(22)10-14-7-6-13(19)11-20-14/h3-7,11,16H,2,8-10H2,1H3,(H,21,22)/t16-/m1/s1. The summed E-state index contributed by atoms with van der Waals surface area (Å²) in [5, 5.41) is 3.67. The van der Waals surface area contributed by atoms with Crippen molar-refractivity contribution in [1.82, 2.24) is 10.3 Å². The molecule has 1 aliphatic rings. The van der Waals surface area contributed by atoms with Gasteiger partial charge in [-0.05, 0) is 24.1 Å². The third kappa shape index (κ3) is 3.64. The Bertz CT molecular complexity index is 701. The number of aryl methyl sites for hydroxylation is 1. The molecule has 0 aliphatic carbocycles. The maximum atomic E-state index is 12.3. The Labute approximate surface area is 140 Å². The predicted molar refractivity (Wildman–Crippen MR) is 89.8 cm³/mol. The van der Waals surface area contributed by atoms with E-state index < -0.39 is 0 Å². The summed E-state index contributed by atoms with van der Waals surface area (Å²) in [5.74, 6) is 0.885. The fourth-order valence-electron chi connectivity index (χ4n) is 2.84. The van der Waals surface area contributed by atoms with E-state index in [-0.39, 0.29) is 18.4 Å². The Balaban J connectivity index is 1.72. The van der Waals surface area contributed by atoms with E-state index in [4.69, 9.17) is 16.3 Å². The molecule has 0 saturated carbocycles. The van der Waals surface area contributed by atoms with Crippen molar-refractivity contribution in [2.75, 3.05) is 6.61 Å². The second-order valence-electron chi connectivity index (χ2n) is 5.59. The van der Waals surface area contributed by atoms with Crippen molar-refractivity contribution in [3.63, 3.8) is 0 Å². The molecule has 2 heterocycles. The number of aromatic nitrogens is 1. The number of benzene rings is 1. The van der Waals surface area contributed by atoms with Gasteiger partial charge in [-0.2, -0.15) is 0 Å². The Kier molecular flexibility index (Phi) is 4.82. The Hall–Kier alpha value is -2.07. The first kappa shape index (κ1) is 15.8. The van der Waals surface area contributed by atoms with Crippen LogP contribution in [-0.4, -0.2) is 17.5 Å². The predicted octanol–water partition coefficient (Wildman–Crippen LogP) is 3.48. The maximum absolute atomic E-state index is 12.3. The Morgan fingerprint density at radius 2 is 2.26 bits per heavy atom. The number of nitrogens with zero attached hydrogens (tertiary/aromatic N) is 1. The van der Waals surface area contributed by atoms with Crippen LogP contribution in [0.2, 0.25) is 5.02 Å². The monoisotopic (exact) mass is 330 g/mol. The fourth-order valence-corrected chi connectivity index (χ4v) is 2.95. The van der Waals surface area contributed by atoms with Crippen molar-refractivity contribution in [3.05, 3.63) is 58.4 Å². The normalized spacial score (nSPS) is 16.3. The van der Waals surface area contributed by atoms with Crippen LogP contribution >= 0.6 is 11.6 Å². The van der Waals surface area contributed by atoms with Gasteiger partial charge in [-0.3, -0.25) is 9.78 Å². The molecule has 2 aromatic rings. The van der Waals surface area contributed by atoms with Gasteiger partial charge in [0.05, 0.1) is 24.1 Å². The summed E-state index contributed by atoms with van der Waals surface area (Å²) in [5.41, 5.74) is 2.95. The van der Waals surface area contributed by atoms with Crippen LogP contribution in [-0.2, 0) is 17.6 Å². The average Bonchev–Trinajstić information content (AvgIpc) is 2.57. The van der Waals surface area contributed by atoms with Crippen molar-refractivity contribution in [3.8, 4) is 5.75 Å². The second-order valence-corrected chi connectivity index (χ2v) is 6.03. The molecular formula is C18H19ClN2O2. The number of nitrogens with one attached hydrogen (secondary N) is 1. The number of para-hydroxylation sites is 1. The molecule has 0 fully saturated rings. The van der Waals surface area contributed by atoms with Crippen molar-refractivity contribution >= 4 is 17.5 Å². The number of pyridine rings is 1. The van der Waals surface area contributed by atoms with Crippen molar-refractivity contribution in [1.29, 1.82) is 0 Å². The summed E-state index contributed by atoms with van der Waals surface area (Å²) < 4.78 is 5.81. The van der Waals surface area contributed by atoms with Gasteiger partial charge in [-0.1, -0.05) is 36.7 Å². The van der Waals surface area contributed by atoms with Crippen LogP contribution in [0.15, 0.2) is 36.5 Å². The molecule has 1 atom stereocenters. The van der Waals surface area contributed by atoms with Gasteiger partial charge in [0, 0.05) is 23.9 Å². The van der Waals surface area contributed by atoms with Gasteiger partial charge in [0.2, 0.25) is 5.91 Å². The van der Waals surface area contributed by atoms with Gasteiger partial charge in [-0.15, -0.1) is 0 Å². The van der Waals surface area contributed by atoms with Gasteiger partial charge < -0.3 is 10.1 Å². The number of ether oxygens (including phenoxy) is 1. The zero-order valence-electron chi connectivity index (χ0n) is 13.0. The molecule has 4 nitrogen and oxygen atoms in total. The van der Waals surface area contributed by atoms with Crippen LogP contribution in [0.3, 0.4) is 0 Å². The maximum Gasteiger partial charge on any atom is 0.226 e. The summed E-state index contributed by atoms with van der Waals surface area (Å²) in [6.07, 6.45) is 3.50. The molecule has 0 unspecified atom stereocenters. The topological polar surface area (TPSA) is 51.2 Å². The second kappa shape index (κ2) is 7.01. The molecule has 1 aromatic carbocycles. The lowest BCUT2D eigenvalue weighted by Crippen LogP contribution is -2.33. The Morgan fingerprint density at radius 1 is 1.39 bits per heavy atom. The third-order valence-electron chi connectivity index (χ3n) is 4.00. The molecule has 0 spiro atoms. The lowest BCUT2D eigenvalue weighted by Gasteiger charge is -2.28. The minimum Gasteiger partial charge on any atom is -0.493 e. The molecule has 0 bridgehead atoms. The summed E-state index contributed by atoms with van der Waals surface area (Å²) in [4.78, 5) is 16.5. The van der Waals surface area contributed by atoms with Gasteiger partial charge in [0.25, 0.3) is 0 Å². The molecule has 3 rings (SSSR count). The quantitative estimate of drug-likeness (QED) is 0.933. The third-order valence-corrected chi connectivity index (χ3v) is 4.23. The lowest BCUT2D eigenvalue weighted by molar-refractivity contribution is -0.121. The number of carbonyl (C=O) groups is 1. The van der Waals surface area contributed by atoms with Gasteiger partial charge in [0.1, 0.15) is 5.75 Å².